The third-order valence-corrected chi connectivity index (χ3v) is 3.31. The molecule has 0 spiro atoms. The summed E-state index contributed by atoms with van der Waals surface area (Å²) in [4.78, 5) is 2.38. The lowest BCUT2D eigenvalue weighted by atomic mass is 10.5. The number of thioether (sulfide) groups is 1. The van der Waals surface area contributed by atoms with Crippen molar-refractivity contribution in [2.75, 3.05) is 31.9 Å². The van der Waals surface area contributed by atoms with Crippen LogP contribution >= 0.6 is 11.8 Å². The van der Waals surface area contributed by atoms with Gasteiger partial charge in [-0.25, -0.2) is 4.68 Å². The highest BCUT2D eigenvalue weighted by Gasteiger charge is 2.06. The fourth-order valence-corrected chi connectivity index (χ4v) is 2.27. The van der Waals surface area contributed by atoms with Gasteiger partial charge in [0.2, 0.25) is 5.16 Å². The lowest BCUT2D eigenvalue weighted by Gasteiger charge is -2.16. The van der Waals surface area contributed by atoms with Crippen molar-refractivity contribution in [2.24, 2.45) is 5.73 Å². The van der Waals surface area contributed by atoms with Gasteiger partial charge in [0, 0.05) is 18.8 Å². The van der Waals surface area contributed by atoms with Crippen LogP contribution < -0.4 is 5.73 Å². The Balaban J connectivity index is 2.33. The van der Waals surface area contributed by atoms with Gasteiger partial charge in [0.15, 0.2) is 0 Å². The van der Waals surface area contributed by atoms with Crippen LogP contribution in [0.2, 0.25) is 0 Å². The quantitative estimate of drug-likeness (QED) is 0.652. The number of tetrazole rings is 1. The fraction of sp³-hybridized carbons (Fsp3) is 0.889. The minimum atomic E-state index is 0.564. The Labute approximate surface area is 101 Å². The van der Waals surface area contributed by atoms with Crippen LogP contribution in [0.25, 0.3) is 0 Å². The van der Waals surface area contributed by atoms with Crippen LogP contribution in [-0.4, -0.2) is 57.0 Å². The van der Waals surface area contributed by atoms with Crippen LogP contribution in [0, 0.1) is 0 Å². The second-order valence-corrected chi connectivity index (χ2v) is 4.41. The van der Waals surface area contributed by atoms with E-state index in [1.165, 1.54) is 0 Å². The maximum absolute atomic E-state index is 5.47. The molecule has 0 aliphatic carbocycles. The van der Waals surface area contributed by atoms with Crippen LogP contribution in [0.4, 0.5) is 0 Å². The molecule has 0 fully saturated rings. The summed E-state index contributed by atoms with van der Waals surface area (Å²) in [6, 6.07) is 0. The number of nitrogens with zero attached hydrogens (tertiary/aromatic N) is 5. The number of hydrogen-bond donors (Lipinski definition) is 1. The zero-order valence-corrected chi connectivity index (χ0v) is 10.8. The number of rotatable bonds is 8. The number of nitrogens with two attached hydrogens (primary N) is 1. The molecule has 6 nitrogen and oxygen atoms in total. The molecule has 0 radical (unpaired) electrons. The van der Waals surface area contributed by atoms with E-state index in [1.807, 2.05) is 0 Å². The molecule has 2 N–H and O–H groups in total. The van der Waals surface area contributed by atoms with Crippen LogP contribution in [0.15, 0.2) is 5.16 Å². The Kier molecular flexibility index (Phi) is 6.36. The van der Waals surface area contributed by atoms with E-state index in [0.29, 0.717) is 13.1 Å². The average Bonchev–Trinajstić information content (AvgIpc) is 2.73. The number of hydrogen-bond acceptors (Lipinski definition) is 6. The predicted molar refractivity (Wildman–Crippen MR) is 65.4 cm³/mol. The molecule has 0 amide bonds. The lowest BCUT2D eigenvalue weighted by molar-refractivity contribution is 0.323. The molecule has 0 saturated heterocycles. The van der Waals surface area contributed by atoms with Crippen molar-refractivity contribution >= 4 is 11.8 Å². The normalized spacial score (nSPS) is 11.2. The Morgan fingerprint density at radius 1 is 1.38 bits per heavy atom. The Morgan fingerprint density at radius 2 is 2.12 bits per heavy atom. The van der Waals surface area contributed by atoms with E-state index in [0.717, 1.165) is 30.5 Å². The maximum atomic E-state index is 5.47. The molecule has 1 aromatic heterocycles. The summed E-state index contributed by atoms with van der Waals surface area (Å²) in [5.41, 5.74) is 5.47. The summed E-state index contributed by atoms with van der Waals surface area (Å²) in [5, 5.41) is 12.4. The Morgan fingerprint density at radius 3 is 2.75 bits per heavy atom. The molecule has 92 valence electrons. The molecule has 0 atom stereocenters. The molecule has 16 heavy (non-hydrogen) atoms. The van der Waals surface area contributed by atoms with Gasteiger partial charge in [-0.1, -0.05) is 25.6 Å². The molecule has 0 aromatic carbocycles. The summed E-state index contributed by atoms with van der Waals surface area (Å²) in [7, 11) is 0. The van der Waals surface area contributed by atoms with Gasteiger partial charge < -0.3 is 10.6 Å². The zero-order chi connectivity index (χ0) is 11.8. The molecule has 0 unspecified atom stereocenters. The van der Waals surface area contributed by atoms with E-state index in [9.17, 15) is 0 Å². The van der Waals surface area contributed by atoms with E-state index in [-0.39, 0.29) is 0 Å². The van der Waals surface area contributed by atoms with E-state index in [2.05, 4.69) is 34.3 Å². The summed E-state index contributed by atoms with van der Waals surface area (Å²) in [6.45, 7) is 8.83. The first-order valence-electron chi connectivity index (χ1n) is 5.63. The largest absolute Gasteiger partial charge is 0.329 e. The Hall–Kier alpha value is -0.660. The van der Waals surface area contributed by atoms with Gasteiger partial charge in [-0.2, -0.15) is 0 Å². The third kappa shape index (κ3) is 4.07. The first-order chi connectivity index (χ1) is 7.81. The van der Waals surface area contributed by atoms with E-state index >= 15 is 0 Å². The fourth-order valence-electron chi connectivity index (χ4n) is 1.37. The molecule has 7 heteroatoms. The molecule has 0 aliphatic heterocycles. The summed E-state index contributed by atoms with van der Waals surface area (Å²) >= 11 is 1.68. The van der Waals surface area contributed by atoms with Gasteiger partial charge in [-0.05, 0) is 23.5 Å². The van der Waals surface area contributed by atoms with Crippen molar-refractivity contribution in [1.82, 2.24) is 25.1 Å². The van der Waals surface area contributed by atoms with Crippen molar-refractivity contribution in [2.45, 2.75) is 25.5 Å². The minimum Gasteiger partial charge on any atom is -0.329 e. The zero-order valence-electron chi connectivity index (χ0n) is 9.96. The standard InChI is InChI=1S/C9H20N6S/c1-3-14(4-2)7-8-16-9-11-12-13-15(9)6-5-10/h3-8,10H2,1-2H3. The first kappa shape index (κ1) is 13.4. The van der Waals surface area contributed by atoms with Crippen LogP contribution in [0.1, 0.15) is 13.8 Å². The van der Waals surface area contributed by atoms with E-state index in [1.54, 1.807) is 16.4 Å². The Bertz CT molecular complexity index is 285. The molecular weight excluding hydrogens is 224 g/mol. The molecular formula is C9H20N6S. The van der Waals surface area contributed by atoms with Crippen LogP contribution in [0.5, 0.6) is 0 Å². The summed E-state index contributed by atoms with van der Waals surface area (Å²) < 4.78 is 1.76. The lowest BCUT2D eigenvalue weighted by Crippen LogP contribution is -2.25. The van der Waals surface area contributed by atoms with Gasteiger partial charge in [-0.15, -0.1) is 5.10 Å². The molecule has 0 aliphatic rings. The van der Waals surface area contributed by atoms with Gasteiger partial charge in [-0.3, -0.25) is 0 Å². The van der Waals surface area contributed by atoms with Crippen LogP contribution in [0.3, 0.4) is 0 Å². The molecule has 0 bridgehead atoms. The predicted octanol–water partition coefficient (Wildman–Crippen LogP) is 0.0657. The van der Waals surface area contributed by atoms with Crippen molar-refractivity contribution in [3.8, 4) is 0 Å². The third-order valence-electron chi connectivity index (χ3n) is 2.37. The van der Waals surface area contributed by atoms with Crippen molar-refractivity contribution in [3.63, 3.8) is 0 Å². The van der Waals surface area contributed by atoms with Gasteiger partial charge in [0.1, 0.15) is 0 Å². The second kappa shape index (κ2) is 7.59. The molecule has 1 aromatic rings. The topological polar surface area (TPSA) is 72.9 Å². The van der Waals surface area contributed by atoms with Crippen molar-refractivity contribution < 1.29 is 0 Å². The monoisotopic (exact) mass is 244 g/mol. The maximum Gasteiger partial charge on any atom is 0.209 e. The smallest absolute Gasteiger partial charge is 0.209 e. The second-order valence-electron chi connectivity index (χ2n) is 3.35. The molecule has 1 heterocycles. The highest BCUT2D eigenvalue weighted by molar-refractivity contribution is 7.99. The first-order valence-corrected chi connectivity index (χ1v) is 6.61. The minimum absolute atomic E-state index is 0.564. The van der Waals surface area contributed by atoms with Gasteiger partial charge in [0.05, 0.1) is 6.54 Å². The average molecular weight is 244 g/mol. The highest BCUT2D eigenvalue weighted by atomic mass is 32.2. The summed E-state index contributed by atoms with van der Waals surface area (Å²) in [6.07, 6.45) is 0. The van der Waals surface area contributed by atoms with Crippen LogP contribution in [-0.2, 0) is 6.54 Å². The molecule has 1 rings (SSSR count). The van der Waals surface area contributed by atoms with E-state index < -0.39 is 0 Å². The van der Waals surface area contributed by atoms with Gasteiger partial charge in [0.25, 0.3) is 0 Å². The highest BCUT2D eigenvalue weighted by Crippen LogP contribution is 2.13. The number of aromatic nitrogens is 4. The SMILES string of the molecule is CCN(CC)CCSc1nnnn1CCN. The molecule has 0 saturated carbocycles. The van der Waals surface area contributed by atoms with Crippen molar-refractivity contribution in [3.05, 3.63) is 0 Å². The summed E-state index contributed by atoms with van der Waals surface area (Å²) in [5.74, 6) is 1.01. The van der Waals surface area contributed by atoms with Gasteiger partial charge >= 0.3 is 0 Å². The van der Waals surface area contributed by atoms with Crippen molar-refractivity contribution in [1.29, 1.82) is 0 Å². The van der Waals surface area contributed by atoms with E-state index in [4.69, 9.17) is 5.73 Å².